The highest BCUT2D eigenvalue weighted by Crippen LogP contribution is 2.38. The van der Waals surface area contributed by atoms with Gasteiger partial charge in [0.05, 0.1) is 17.7 Å². The molecular formula is C25H28N4O4. The zero-order valence-corrected chi connectivity index (χ0v) is 19.0. The molecule has 3 heterocycles. The summed E-state index contributed by atoms with van der Waals surface area (Å²) in [5.41, 5.74) is 3.68. The third-order valence-electron chi connectivity index (χ3n) is 6.96. The first kappa shape index (κ1) is 21.6. The highest BCUT2D eigenvalue weighted by atomic mass is 16.2. The van der Waals surface area contributed by atoms with Gasteiger partial charge in [0.25, 0.3) is 11.8 Å². The molecule has 1 aromatic heterocycles. The molecule has 2 fully saturated rings. The van der Waals surface area contributed by atoms with E-state index in [9.17, 15) is 19.2 Å². The van der Waals surface area contributed by atoms with Crippen LogP contribution in [0.5, 0.6) is 0 Å². The Morgan fingerprint density at radius 2 is 1.52 bits per heavy atom. The fourth-order valence-corrected chi connectivity index (χ4v) is 5.02. The lowest BCUT2D eigenvalue weighted by molar-refractivity contribution is -0.133. The summed E-state index contributed by atoms with van der Waals surface area (Å²) in [6, 6.07) is 9.18. The zero-order valence-electron chi connectivity index (χ0n) is 19.0. The molecule has 1 saturated heterocycles. The number of Topliss-reactive ketones (excluding diaryl/α,β-unsaturated/α-hetero) is 1. The monoisotopic (exact) mass is 448 g/mol. The summed E-state index contributed by atoms with van der Waals surface area (Å²) in [5.74, 6) is -0.974. The number of benzene rings is 1. The van der Waals surface area contributed by atoms with Gasteiger partial charge in [0, 0.05) is 49.2 Å². The lowest BCUT2D eigenvalue weighted by Crippen LogP contribution is -2.52. The molecule has 1 aromatic carbocycles. The van der Waals surface area contributed by atoms with Crippen molar-refractivity contribution < 1.29 is 19.2 Å². The number of aromatic nitrogens is 1. The molecule has 1 saturated carbocycles. The van der Waals surface area contributed by atoms with E-state index < -0.39 is 11.8 Å². The summed E-state index contributed by atoms with van der Waals surface area (Å²) in [5, 5.41) is 0. The topological polar surface area (TPSA) is 82.9 Å². The molecule has 172 valence electrons. The normalized spacial score (nSPS) is 18.7. The van der Waals surface area contributed by atoms with Crippen molar-refractivity contribution in [3.63, 3.8) is 0 Å². The van der Waals surface area contributed by atoms with E-state index in [0.717, 1.165) is 21.9 Å². The van der Waals surface area contributed by atoms with Gasteiger partial charge in [0.2, 0.25) is 5.91 Å². The molecule has 2 aromatic rings. The largest absolute Gasteiger partial charge is 0.345 e. The third-order valence-corrected chi connectivity index (χ3v) is 6.96. The number of imide groups is 1. The molecule has 0 bridgehead atoms. The van der Waals surface area contributed by atoms with Gasteiger partial charge in [-0.2, -0.15) is 0 Å². The molecular weight excluding hydrogens is 420 g/mol. The molecule has 1 aliphatic carbocycles. The van der Waals surface area contributed by atoms with E-state index in [1.54, 1.807) is 29.2 Å². The van der Waals surface area contributed by atoms with Crippen LogP contribution in [-0.2, 0) is 4.79 Å². The summed E-state index contributed by atoms with van der Waals surface area (Å²) in [4.78, 5) is 55.5. The van der Waals surface area contributed by atoms with Crippen molar-refractivity contribution in [3.05, 3.63) is 58.4 Å². The molecule has 0 N–H and O–H groups in total. The molecule has 0 atom stereocenters. The second kappa shape index (κ2) is 8.26. The number of aryl methyl sites for hydroxylation is 1. The number of ketones is 1. The first-order valence-corrected chi connectivity index (χ1v) is 11.5. The van der Waals surface area contributed by atoms with Crippen LogP contribution in [0.2, 0.25) is 0 Å². The Morgan fingerprint density at radius 1 is 0.909 bits per heavy atom. The molecule has 0 radical (unpaired) electrons. The molecule has 0 unspecified atom stereocenters. The average molecular weight is 449 g/mol. The maximum absolute atomic E-state index is 13.0. The minimum atomic E-state index is -0.419. The SMILES string of the molecule is Cc1cc(C(=O)CN2CCN(C(=O)CN3C(=O)c4ccccc4C3=O)CC2)c(C)n1C1CC1. The number of carbonyl (C=O) groups excluding carboxylic acids is 4. The number of carbonyl (C=O) groups is 4. The Labute approximate surface area is 192 Å². The van der Waals surface area contributed by atoms with Gasteiger partial charge in [-0.05, 0) is 44.9 Å². The highest BCUT2D eigenvalue weighted by Gasteiger charge is 2.37. The smallest absolute Gasteiger partial charge is 0.262 e. The van der Waals surface area contributed by atoms with Gasteiger partial charge < -0.3 is 9.47 Å². The fraction of sp³-hybridized carbons (Fsp3) is 0.440. The Balaban J connectivity index is 1.15. The van der Waals surface area contributed by atoms with Crippen LogP contribution < -0.4 is 0 Å². The van der Waals surface area contributed by atoms with E-state index in [1.165, 1.54) is 12.8 Å². The minimum Gasteiger partial charge on any atom is -0.345 e. The second-order valence-electron chi connectivity index (χ2n) is 9.21. The number of hydrogen-bond donors (Lipinski definition) is 0. The van der Waals surface area contributed by atoms with Crippen LogP contribution in [0.3, 0.4) is 0 Å². The summed E-state index contributed by atoms with van der Waals surface area (Å²) in [6.07, 6.45) is 2.36. The standard InChI is InChI=1S/C25H28N4O4/c1-16-13-21(17(2)29(16)18-7-8-18)22(30)14-26-9-11-27(12-10-26)23(31)15-28-24(32)19-5-3-4-6-20(19)25(28)33/h3-6,13,18H,7-12,14-15H2,1-2H3. The van der Waals surface area contributed by atoms with Gasteiger partial charge in [-0.25, -0.2) is 0 Å². The number of rotatable bonds is 6. The molecule has 3 amide bonds. The van der Waals surface area contributed by atoms with E-state index in [-0.39, 0.29) is 18.2 Å². The number of hydrogen-bond acceptors (Lipinski definition) is 5. The van der Waals surface area contributed by atoms with E-state index in [4.69, 9.17) is 0 Å². The summed E-state index contributed by atoms with van der Waals surface area (Å²) in [7, 11) is 0. The molecule has 0 spiro atoms. The first-order chi connectivity index (χ1) is 15.8. The number of nitrogens with zero attached hydrogens (tertiary/aromatic N) is 4. The van der Waals surface area contributed by atoms with Gasteiger partial charge in [-0.15, -0.1) is 0 Å². The van der Waals surface area contributed by atoms with E-state index >= 15 is 0 Å². The predicted molar refractivity (Wildman–Crippen MR) is 121 cm³/mol. The van der Waals surface area contributed by atoms with Gasteiger partial charge in [-0.1, -0.05) is 12.1 Å². The first-order valence-electron chi connectivity index (χ1n) is 11.5. The molecule has 5 rings (SSSR count). The average Bonchev–Trinajstić information content (AvgIpc) is 3.56. The lowest BCUT2D eigenvalue weighted by Gasteiger charge is -2.35. The van der Waals surface area contributed by atoms with Crippen LogP contribution in [0.25, 0.3) is 0 Å². The van der Waals surface area contributed by atoms with Crippen molar-refractivity contribution >= 4 is 23.5 Å². The van der Waals surface area contributed by atoms with Crippen LogP contribution in [0.15, 0.2) is 30.3 Å². The van der Waals surface area contributed by atoms with Gasteiger partial charge in [-0.3, -0.25) is 29.0 Å². The van der Waals surface area contributed by atoms with Crippen LogP contribution in [-0.4, -0.2) is 82.0 Å². The Hall–Kier alpha value is -3.26. The van der Waals surface area contributed by atoms with Crippen LogP contribution in [0.1, 0.15) is 61.3 Å². The van der Waals surface area contributed by atoms with Crippen molar-refractivity contribution in [2.24, 2.45) is 0 Å². The minimum absolute atomic E-state index is 0.112. The summed E-state index contributed by atoms with van der Waals surface area (Å²) in [6.45, 7) is 6.26. The summed E-state index contributed by atoms with van der Waals surface area (Å²) >= 11 is 0. The maximum atomic E-state index is 13.0. The van der Waals surface area contributed by atoms with Gasteiger partial charge >= 0.3 is 0 Å². The van der Waals surface area contributed by atoms with E-state index in [2.05, 4.69) is 16.4 Å². The number of piperazine rings is 1. The molecule has 8 heteroatoms. The van der Waals surface area contributed by atoms with Crippen molar-refractivity contribution in [3.8, 4) is 0 Å². The van der Waals surface area contributed by atoms with Crippen LogP contribution in [0, 0.1) is 13.8 Å². The zero-order chi connectivity index (χ0) is 23.3. The Bertz CT molecular complexity index is 1120. The van der Waals surface area contributed by atoms with Crippen molar-refractivity contribution in [1.29, 1.82) is 0 Å². The quantitative estimate of drug-likeness (QED) is 0.499. The molecule has 2 aliphatic heterocycles. The maximum Gasteiger partial charge on any atom is 0.262 e. The van der Waals surface area contributed by atoms with Crippen molar-refractivity contribution in [2.45, 2.75) is 32.7 Å². The van der Waals surface area contributed by atoms with Crippen molar-refractivity contribution in [1.82, 2.24) is 19.3 Å². The third kappa shape index (κ3) is 3.88. The van der Waals surface area contributed by atoms with Gasteiger partial charge in [0.1, 0.15) is 6.54 Å². The van der Waals surface area contributed by atoms with Crippen LogP contribution in [0.4, 0.5) is 0 Å². The second-order valence-corrected chi connectivity index (χ2v) is 9.21. The molecule has 8 nitrogen and oxygen atoms in total. The highest BCUT2D eigenvalue weighted by molar-refractivity contribution is 6.22. The molecule has 33 heavy (non-hydrogen) atoms. The van der Waals surface area contributed by atoms with Crippen molar-refractivity contribution in [2.75, 3.05) is 39.3 Å². The lowest BCUT2D eigenvalue weighted by atomic mass is 10.1. The Kier molecular flexibility index (Phi) is 5.40. The predicted octanol–water partition coefficient (Wildman–Crippen LogP) is 2.06. The number of fused-ring (bicyclic) bond motifs is 1. The fourth-order valence-electron chi connectivity index (χ4n) is 5.02. The van der Waals surface area contributed by atoms with Gasteiger partial charge in [0.15, 0.2) is 5.78 Å². The Morgan fingerprint density at radius 3 is 2.09 bits per heavy atom. The number of amides is 3. The molecule has 3 aliphatic rings. The van der Waals surface area contributed by atoms with E-state index in [1.807, 2.05) is 13.0 Å². The van der Waals surface area contributed by atoms with E-state index in [0.29, 0.717) is 49.9 Å². The summed E-state index contributed by atoms with van der Waals surface area (Å²) < 4.78 is 2.28. The van der Waals surface area contributed by atoms with Crippen LogP contribution >= 0.6 is 0 Å².